The van der Waals surface area contributed by atoms with Crippen LogP contribution in [0.4, 0.5) is 5.00 Å². The number of furan rings is 1. The summed E-state index contributed by atoms with van der Waals surface area (Å²) in [4.78, 5) is 26.5. The quantitative estimate of drug-likeness (QED) is 0.224. The van der Waals surface area contributed by atoms with Crippen molar-refractivity contribution >= 4 is 40.0 Å². The molecule has 0 aliphatic heterocycles. The van der Waals surface area contributed by atoms with Gasteiger partial charge >= 0.3 is 5.97 Å². The van der Waals surface area contributed by atoms with Gasteiger partial charge in [-0.3, -0.25) is 4.79 Å². The Balaban J connectivity index is 1.55. The summed E-state index contributed by atoms with van der Waals surface area (Å²) < 4.78 is 12.5. The first-order valence-electron chi connectivity index (χ1n) is 11.1. The summed E-state index contributed by atoms with van der Waals surface area (Å²) in [7, 11) is 1.34. The smallest absolute Gasteiger partial charge is 0.341 e. The molecule has 0 aliphatic rings. The number of ether oxygens (including phenoxy) is 1. The molecule has 4 rings (SSSR count). The summed E-state index contributed by atoms with van der Waals surface area (Å²) in [5.41, 5.74) is 2.92. The molecule has 0 aliphatic carbocycles. The second-order valence-electron chi connectivity index (χ2n) is 7.78. The number of nitrogens with one attached hydrogen (secondary N) is 1. The molecule has 0 saturated heterocycles. The van der Waals surface area contributed by atoms with Crippen molar-refractivity contribution in [3.05, 3.63) is 58.9 Å². The van der Waals surface area contributed by atoms with Crippen LogP contribution in [0.2, 0.25) is 0 Å². The molecule has 0 spiro atoms. The second kappa shape index (κ2) is 10.9. The average molecular weight is 511 g/mol. The zero-order valence-electron chi connectivity index (χ0n) is 20.0. The molecular weight excluding hydrogens is 484 g/mol. The van der Waals surface area contributed by atoms with Gasteiger partial charge in [0.1, 0.15) is 16.3 Å². The number of aromatic nitrogens is 3. The van der Waals surface area contributed by atoms with Crippen molar-refractivity contribution in [2.75, 3.05) is 18.2 Å². The van der Waals surface area contributed by atoms with E-state index in [2.05, 4.69) is 22.4 Å². The lowest BCUT2D eigenvalue weighted by Gasteiger charge is -2.09. The lowest BCUT2D eigenvalue weighted by Crippen LogP contribution is -2.16. The SMILES string of the molecule is CCCn1c(SCC(=O)Nc2sc(C)c(-c3ccccc3)c2C(=O)OC)nnc1-c1ccoc1C. The number of nitrogens with zero attached hydrogens (tertiary/aromatic N) is 3. The third-order valence-corrected chi connectivity index (χ3v) is 7.37. The molecule has 182 valence electrons. The molecule has 1 N–H and O–H groups in total. The fraction of sp³-hybridized carbons (Fsp3) is 0.280. The molecule has 35 heavy (non-hydrogen) atoms. The normalized spacial score (nSPS) is 11.0. The van der Waals surface area contributed by atoms with E-state index in [-0.39, 0.29) is 11.7 Å². The Hall–Kier alpha value is -3.37. The summed E-state index contributed by atoms with van der Waals surface area (Å²) in [6.45, 7) is 6.60. The number of anilines is 1. The van der Waals surface area contributed by atoms with E-state index in [0.717, 1.165) is 39.6 Å². The van der Waals surface area contributed by atoms with Crippen LogP contribution in [0.3, 0.4) is 0 Å². The third-order valence-electron chi connectivity index (χ3n) is 5.39. The molecule has 0 saturated carbocycles. The standard InChI is InChI=1S/C25H26N4O4S2/c1-5-12-29-22(18-11-13-33-15(18)2)27-28-25(29)34-14-19(30)26-23-21(24(31)32-4)20(16(3)35-23)17-9-7-6-8-10-17/h6-11,13H,5,12,14H2,1-4H3,(H,26,30). The van der Waals surface area contributed by atoms with Crippen LogP contribution in [0.5, 0.6) is 0 Å². The Morgan fingerprint density at radius 1 is 1.17 bits per heavy atom. The zero-order valence-corrected chi connectivity index (χ0v) is 21.6. The Morgan fingerprint density at radius 3 is 2.60 bits per heavy atom. The summed E-state index contributed by atoms with van der Waals surface area (Å²) in [6.07, 6.45) is 2.52. The predicted octanol–water partition coefficient (Wildman–Crippen LogP) is 5.81. The van der Waals surface area contributed by atoms with E-state index in [4.69, 9.17) is 9.15 Å². The first-order chi connectivity index (χ1) is 16.9. The van der Waals surface area contributed by atoms with Crippen molar-refractivity contribution in [1.29, 1.82) is 0 Å². The fourth-order valence-electron chi connectivity index (χ4n) is 3.81. The topological polar surface area (TPSA) is 99.2 Å². The van der Waals surface area contributed by atoms with Crippen molar-refractivity contribution in [2.45, 2.75) is 38.9 Å². The molecule has 0 fully saturated rings. The number of hydrogen-bond donors (Lipinski definition) is 1. The van der Waals surface area contributed by atoms with Gasteiger partial charge in [-0.15, -0.1) is 21.5 Å². The van der Waals surface area contributed by atoms with Gasteiger partial charge in [0.05, 0.1) is 24.7 Å². The van der Waals surface area contributed by atoms with Gasteiger partial charge in [0.15, 0.2) is 11.0 Å². The third kappa shape index (κ3) is 5.18. The largest absolute Gasteiger partial charge is 0.469 e. The molecule has 10 heteroatoms. The van der Waals surface area contributed by atoms with Gasteiger partial charge < -0.3 is 19.0 Å². The molecule has 0 bridgehead atoms. The van der Waals surface area contributed by atoms with Gasteiger partial charge in [-0.25, -0.2) is 4.79 Å². The van der Waals surface area contributed by atoms with Gasteiger partial charge in [0.25, 0.3) is 0 Å². The minimum Gasteiger partial charge on any atom is -0.469 e. The van der Waals surface area contributed by atoms with E-state index in [1.165, 1.54) is 30.2 Å². The molecule has 4 aromatic rings. The van der Waals surface area contributed by atoms with Crippen LogP contribution >= 0.6 is 23.1 Å². The van der Waals surface area contributed by atoms with Gasteiger partial charge in [0, 0.05) is 17.0 Å². The molecule has 1 amide bonds. The van der Waals surface area contributed by atoms with E-state index < -0.39 is 5.97 Å². The molecule has 3 heterocycles. The van der Waals surface area contributed by atoms with E-state index in [0.29, 0.717) is 22.3 Å². The summed E-state index contributed by atoms with van der Waals surface area (Å²) in [6, 6.07) is 11.5. The monoisotopic (exact) mass is 510 g/mol. The number of aryl methyl sites for hydroxylation is 2. The van der Waals surface area contributed by atoms with Crippen LogP contribution in [0.15, 0.2) is 52.2 Å². The first kappa shape index (κ1) is 24.7. The lowest BCUT2D eigenvalue weighted by molar-refractivity contribution is -0.113. The number of hydrogen-bond acceptors (Lipinski definition) is 8. The van der Waals surface area contributed by atoms with Gasteiger partial charge in [-0.2, -0.15) is 0 Å². The van der Waals surface area contributed by atoms with Crippen LogP contribution in [-0.2, 0) is 16.1 Å². The van der Waals surface area contributed by atoms with Crippen molar-refractivity contribution in [1.82, 2.24) is 14.8 Å². The molecule has 3 aromatic heterocycles. The summed E-state index contributed by atoms with van der Waals surface area (Å²) in [5, 5.41) is 12.7. The number of benzene rings is 1. The summed E-state index contributed by atoms with van der Waals surface area (Å²) in [5.74, 6) is 0.869. The van der Waals surface area contributed by atoms with Gasteiger partial charge in [0.2, 0.25) is 5.91 Å². The number of amides is 1. The number of methoxy groups -OCH3 is 1. The minimum absolute atomic E-state index is 0.116. The van der Waals surface area contributed by atoms with Crippen LogP contribution in [0.25, 0.3) is 22.5 Å². The highest BCUT2D eigenvalue weighted by molar-refractivity contribution is 7.99. The van der Waals surface area contributed by atoms with Gasteiger partial charge in [-0.1, -0.05) is 49.0 Å². The number of thioether (sulfide) groups is 1. The minimum atomic E-state index is -0.487. The predicted molar refractivity (Wildman–Crippen MR) is 138 cm³/mol. The highest BCUT2D eigenvalue weighted by Crippen LogP contribution is 2.40. The van der Waals surface area contributed by atoms with E-state index >= 15 is 0 Å². The first-order valence-corrected chi connectivity index (χ1v) is 12.9. The van der Waals surface area contributed by atoms with Crippen molar-refractivity contribution in [2.24, 2.45) is 0 Å². The van der Waals surface area contributed by atoms with Gasteiger partial charge in [-0.05, 0) is 31.9 Å². The Morgan fingerprint density at radius 2 is 1.94 bits per heavy atom. The number of carbonyl (C=O) groups excluding carboxylic acids is 2. The number of thiophene rings is 1. The van der Waals surface area contributed by atoms with Crippen LogP contribution < -0.4 is 5.32 Å². The molecular formula is C25H26N4O4S2. The van der Waals surface area contributed by atoms with Crippen molar-refractivity contribution < 1.29 is 18.7 Å². The Kier molecular flexibility index (Phi) is 7.72. The maximum atomic E-state index is 12.9. The van der Waals surface area contributed by atoms with Crippen molar-refractivity contribution in [3.63, 3.8) is 0 Å². The molecule has 1 aromatic carbocycles. The summed E-state index contributed by atoms with van der Waals surface area (Å²) >= 11 is 2.66. The van der Waals surface area contributed by atoms with Crippen LogP contribution in [0, 0.1) is 13.8 Å². The molecule has 0 unspecified atom stereocenters. The lowest BCUT2D eigenvalue weighted by atomic mass is 10.0. The van der Waals surface area contributed by atoms with Crippen LogP contribution in [0.1, 0.15) is 34.3 Å². The Bertz CT molecular complexity index is 1340. The van der Waals surface area contributed by atoms with Crippen LogP contribution in [-0.4, -0.2) is 39.5 Å². The highest BCUT2D eigenvalue weighted by Gasteiger charge is 2.25. The maximum Gasteiger partial charge on any atom is 0.341 e. The van der Waals surface area contributed by atoms with E-state index in [1.54, 1.807) is 6.26 Å². The fourth-order valence-corrected chi connectivity index (χ4v) is 5.66. The molecule has 0 radical (unpaired) electrons. The number of esters is 1. The second-order valence-corrected chi connectivity index (χ2v) is 9.95. The maximum absolute atomic E-state index is 12.9. The van der Waals surface area contributed by atoms with E-state index in [1.807, 2.05) is 54.8 Å². The zero-order chi connectivity index (χ0) is 24.9. The molecule has 8 nitrogen and oxygen atoms in total. The van der Waals surface area contributed by atoms with Crippen molar-refractivity contribution in [3.8, 4) is 22.5 Å². The highest BCUT2D eigenvalue weighted by atomic mass is 32.2. The number of rotatable bonds is 9. The Labute approximate surface area is 211 Å². The average Bonchev–Trinajstić information content (AvgIpc) is 3.54. The number of carbonyl (C=O) groups is 2. The molecule has 0 atom stereocenters. The van der Waals surface area contributed by atoms with E-state index in [9.17, 15) is 9.59 Å².